The van der Waals surface area contributed by atoms with Gasteiger partial charge in [-0.15, -0.1) is 0 Å². The predicted octanol–water partition coefficient (Wildman–Crippen LogP) is 4.20. The van der Waals surface area contributed by atoms with Crippen molar-refractivity contribution in [2.24, 2.45) is 5.73 Å². The van der Waals surface area contributed by atoms with Gasteiger partial charge < -0.3 is 16.4 Å². The van der Waals surface area contributed by atoms with Crippen LogP contribution in [0.25, 0.3) is 11.3 Å². The molecule has 0 unspecified atom stereocenters. The van der Waals surface area contributed by atoms with Gasteiger partial charge in [0.05, 0.1) is 22.9 Å². The van der Waals surface area contributed by atoms with Crippen molar-refractivity contribution in [1.82, 2.24) is 15.3 Å². The highest BCUT2D eigenvalue weighted by Gasteiger charge is 2.16. The monoisotopic (exact) mass is 480 g/mol. The molecule has 4 aromatic rings. The van der Waals surface area contributed by atoms with E-state index in [1.807, 2.05) is 24.3 Å². The minimum absolute atomic E-state index is 0.279. The average Bonchev–Trinajstić information content (AvgIpc) is 2.92. The standard InChI is InChI=1S/C28H25FN6O/c29-23-6-3-4-19(13-23)10-11-33-27-25(28(36)34-18-21-12-20(14-30)16-32-17-21)8-9-26(35-27)24-7-2-1-5-22(24)15-31/h1-9,12-13,16-17H,10-11,14,18,30H2,(H,33,35)(H,34,36). The number of hydrogen-bond acceptors (Lipinski definition) is 6. The Morgan fingerprint density at radius 2 is 1.83 bits per heavy atom. The smallest absolute Gasteiger partial charge is 0.255 e. The SMILES string of the molecule is N#Cc1ccccc1-c1ccc(C(=O)NCc2cncc(CN)c2)c(NCCc2cccc(F)c2)n1. The van der Waals surface area contributed by atoms with Crippen LogP contribution in [0, 0.1) is 17.1 Å². The van der Waals surface area contributed by atoms with Crippen LogP contribution in [0.2, 0.25) is 0 Å². The Kier molecular flexibility index (Phi) is 7.96. The molecule has 0 radical (unpaired) electrons. The summed E-state index contributed by atoms with van der Waals surface area (Å²) >= 11 is 0. The lowest BCUT2D eigenvalue weighted by Crippen LogP contribution is -2.25. The lowest BCUT2D eigenvalue weighted by Gasteiger charge is -2.14. The number of hydrogen-bond donors (Lipinski definition) is 3. The summed E-state index contributed by atoms with van der Waals surface area (Å²) in [6.07, 6.45) is 3.91. The zero-order valence-corrected chi connectivity index (χ0v) is 19.5. The molecule has 0 saturated carbocycles. The van der Waals surface area contributed by atoms with Crippen LogP contribution in [0.3, 0.4) is 0 Å². The van der Waals surface area contributed by atoms with E-state index in [1.165, 1.54) is 12.1 Å². The molecule has 36 heavy (non-hydrogen) atoms. The fourth-order valence-electron chi connectivity index (χ4n) is 3.78. The van der Waals surface area contributed by atoms with Crippen LogP contribution >= 0.6 is 0 Å². The van der Waals surface area contributed by atoms with Crippen molar-refractivity contribution in [2.75, 3.05) is 11.9 Å². The zero-order valence-electron chi connectivity index (χ0n) is 19.5. The molecule has 7 nitrogen and oxygen atoms in total. The zero-order chi connectivity index (χ0) is 25.3. The lowest BCUT2D eigenvalue weighted by molar-refractivity contribution is 0.0951. The molecule has 0 spiro atoms. The van der Waals surface area contributed by atoms with E-state index in [4.69, 9.17) is 5.73 Å². The molecular weight excluding hydrogens is 455 g/mol. The van der Waals surface area contributed by atoms with Gasteiger partial charge in [-0.2, -0.15) is 5.26 Å². The largest absolute Gasteiger partial charge is 0.369 e. The Morgan fingerprint density at radius 1 is 1.00 bits per heavy atom. The van der Waals surface area contributed by atoms with Gasteiger partial charge in [-0.3, -0.25) is 9.78 Å². The van der Waals surface area contributed by atoms with Crippen molar-refractivity contribution >= 4 is 11.7 Å². The highest BCUT2D eigenvalue weighted by atomic mass is 19.1. The van der Waals surface area contributed by atoms with Crippen LogP contribution in [0.1, 0.15) is 32.6 Å². The number of benzene rings is 2. The molecule has 8 heteroatoms. The second-order valence-electron chi connectivity index (χ2n) is 8.14. The molecule has 0 saturated heterocycles. The molecule has 0 aliphatic carbocycles. The van der Waals surface area contributed by atoms with Gasteiger partial charge in [-0.25, -0.2) is 9.37 Å². The number of aromatic nitrogens is 2. The fourth-order valence-corrected chi connectivity index (χ4v) is 3.78. The summed E-state index contributed by atoms with van der Waals surface area (Å²) in [5, 5.41) is 15.6. The number of rotatable bonds is 9. The maximum absolute atomic E-state index is 13.5. The lowest BCUT2D eigenvalue weighted by atomic mass is 10.0. The Labute approximate surface area is 208 Å². The number of nitrogens with one attached hydrogen (secondary N) is 2. The van der Waals surface area contributed by atoms with E-state index in [2.05, 4.69) is 26.7 Å². The topological polar surface area (TPSA) is 117 Å². The average molecular weight is 481 g/mol. The first-order valence-electron chi connectivity index (χ1n) is 11.5. The summed E-state index contributed by atoms with van der Waals surface area (Å²) in [7, 11) is 0. The fraction of sp³-hybridized carbons (Fsp3) is 0.143. The first-order valence-corrected chi connectivity index (χ1v) is 11.5. The Balaban J connectivity index is 1.57. The number of carbonyl (C=O) groups is 1. The summed E-state index contributed by atoms with van der Waals surface area (Å²) in [6, 6.07) is 21.0. The third kappa shape index (κ3) is 6.09. The van der Waals surface area contributed by atoms with Gasteiger partial charge in [-0.1, -0.05) is 30.3 Å². The van der Waals surface area contributed by atoms with E-state index in [-0.39, 0.29) is 18.3 Å². The van der Waals surface area contributed by atoms with Crippen LogP contribution in [0.4, 0.5) is 10.2 Å². The van der Waals surface area contributed by atoms with E-state index >= 15 is 0 Å². The number of pyridine rings is 2. The number of nitriles is 1. The highest BCUT2D eigenvalue weighted by molar-refractivity contribution is 5.99. The molecule has 2 aromatic heterocycles. The Morgan fingerprint density at radius 3 is 2.64 bits per heavy atom. The van der Waals surface area contributed by atoms with Gasteiger partial charge in [0, 0.05) is 37.6 Å². The Hall–Kier alpha value is -4.61. The third-order valence-corrected chi connectivity index (χ3v) is 5.60. The molecule has 2 aromatic carbocycles. The molecular formula is C28H25FN6O. The van der Waals surface area contributed by atoms with Gasteiger partial charge in [-0.05, 0) is 59.5 Å². The predicted molar refractivity (Wildman–Crippen MR) is 136 cm³/mol. The Bertz CT molecular complexity index is 1420. The molecule has 0 bridgehead atoms. The summed E-state index contributed by atoms with van der Waals surface area (Å²) < 4.78 is 13.5. The molecule has 0 aliphatic heterocycles. The molecule has 0 aliphatic rings. The van der Waals surface area contributed by atoms with Gasteiger partial charge in [0.25, 0.3) is 5.91 Å². The van der Waals surface area contributed by atoms with Crippen molar-refractivity contribution in [2.45, 2.75) is 19.5 Å². The van der Waals surface area contributed by atoms with E-state index in [1.54, 1.807) is 42.7 Å². The van der Waals surface area contributed by atoms with Crippen LogP contribution in [-0.4, -0.2) is 22.4 Å². The molecule has 2 heterocycles. The first kappa shape index (κ1) is 24.5. The van der Waals surface area contributed by atoms with Gasteiger partial charge >= 0.3 is 0 Å². The summed E-state index contributed by atoms with van der Waals surface area (Å²) in [6.45, 7) is 1.08. The normalized spacial score (nSPS) is 10.5. The van der Waals surface area contributed by atoms with E-state index in [0.29, 0.717) is 47.7 Å². The molecule has 1 amide bonds. The van der Waals surface area contributed by atoms with Gasteiger partial charge in [0.2, 0.25) is 0 Å². The third-order valence-electron chi connectivity index (χ3n) is 5.60. The van der Waals surface area contributed by atoms with Crippen molar-refractivity contribution in [3.05, 3.63) is 113 Å². The molecule has 180 valence electrons. The maximum atomic E-state index is 13.5. The number of amides is 1. The summed E-state index contributed by atoms with van der Waals surface area (Å²) in [5.74, 6) is -0.231. The second kappa shape index (κ2) is 11.7. The number of anilines is 1. The van der Waals surface area contributed by atoms with E-state index in [9.17, 15) is 14.4 Å². The number of nitrogens with zero attached hydrogens (tertiary/aromatic N) is 3. The van der Waals surface area contributed by atoms with Crippen LogP contribution in [0.5, 0.6) is 0 Å². The summed E-state index contributed by atoms with van der Waals surface area (Å²) in [4.78, 5) is 21.9. The van der Waals surface area contributed by atoms with Gasteiger partial charge in [0.15, 0.2) is 0 Å². The van der Waals surface area contributed by atoms with Crippen LogP contribution < -0.4 is 16.4 Å². The number of carbonyl (C=O) groups excluding carboxylic acids is 1. The van der Waals surface area contributed by atoms with Crippen molar-refractivity contribution in [1.29, 1.82) is 5.26 Å². The number of halogens is 1. The second-order valence-corrected chi connectivity index (χ2v) is 8.14. The molecule has 0 atom stereocenters. The molecule has 4 rings (SSSR count). The quantitative estimate of drug-likeness (QED) is 0.331. The minimum Gasteiger partial charge on any atom is -0.369 e. The summed E-state index contributed by atoms with van der Waals surface area (Å²) in [5.41, 5.74) is 10.3. The van der Waals surface area contributed by atoms with Crippen LogP contribution in [-0.2, 0) is 19.5 Å². The first-order chi connectivity index (χ1) is 17.6. The van der Waals surface area contributed by atoms with Crippen LogP contribution in [0.15, 0.2) is 79.1 Å². The van der Waals surface area contributed by atoms with Crippen molar-refractivity contribution in [3.8, 4) is 17.3 Å². The van der Waals surface area contributed by atoms with E-state index in [0.717, 1.165) is 16.7 Å². The van der Waals surface area contributed by atoms with Crippen molar-refractivity contribution in [3.63, 3.8) is 0 Å². The minimum atomic E-state index is -0.311. The maximum Gasteiger partial charge on any atom is 0.255 e. The van der Waals surface area contributed by atoms with Crippen molar-refractivity contribution < 1.29 is 9.18 Å². The van der Waals surface area contributed by atoms with Gasteiger partial charge in [0.1, 0.15) is 11.6 Å². The molecule has 0 fully saturated rings. The molecule has 4 N–H and O–H groups in total. The van der Waals surface area contributed by atoms with E-state index < -0.39 is 0 Å². The highest BCUT2D eigenvalue weighted by Crippen LogP contribution is 2.25. The number of nitrogens with two attached hydrogens (primary N) is 1.